The van der Waals surface area contributed by atoms with Crippen molar-refractivity contribution in [3.63, 3.8) is 0 Å². The highest BCUT2D eigenvalue weighted by Crippen LogP contribution is 2.21. The van der Waals surface area contributed by atoms with Crippen LogP contribution in [0.2, 0.25) is 0 Å². The molecular weight excluding hydrogens is 278 g/mol. The van der Waals surface area contributed by atoms with Gasteiger partial charge in [-0.15, -0.1) is 0 Å². The van der Waals surface area contributed by atoms with Crippen molar-refractivity contribution < 1.29 is 9.59 Å². The maximum Gasteiger partial charge on any atom is 0.222 e. The van der Waals surface area contributed by atoms with Crippen molar-refractivity contribution in [2.45, 2.75) is 27.2 Å². The van der Waals surface area contributed by atoms with E-state index in [9.17, 15) is 9.59 Å². The zero-order valence-electron chi connectivity index (χ0n) is 13.6. The molecule has 1 aliphatic heterocycles. The third kappa shape index (κ3) is 4.48. The van der Waals surface area contributed by atoms with Crippen LogP contribution >= 0.6 is 0 Å². The van der Waals surface area contributed by atoms with E-state index in [1.807, 2.05) is 29.2 Å². The van der Waals surface area contributed by atoms with Crippen LogP contribution in [0, 0.1) is 5.92 Å². The molecule has 1 aromatic carbocycles. The van der Waals surface area contributed by atoms with Gasteiger partial charge in [-0.05, 0) is 24.1 Å². The number of nitrogens with one attached hydrogen (secondary N) is 1. The van der Waals surface area contributed by atoms with E-state index in [4.69, 9.17) is 0 Å². The first-order valence-electron chi connectivity index (χ1n) is 7.86. The Morgan fingerprint density at radius 3 is 2.45 bits per heavy atom. The average molecular weight is 303 g/mol. The summed E-state index contributed by atoms with van der Waals surface area (Å²) < 4.78 is 0. The Morgan fingerprint density at radius 1 is 1.18 bits per heavy atom. The Morgan fingerprint density at radius 2 is 1.86 bits per heavy atom. The lowest BCUT2D eigenvalue weighted by atomic mass is 10.1. The molecule has 0 aromatic heterocycles. The number of carbonyl (C=O) groups excluding carboxylic acids is 2. The standard InChI is InChI=1S/C17H25N3O2/c1-13(2)11-17(22)20-9-7-19(8-10-20)16-6-4-5-15(12-16)18-14(3)21/h4-6,12-13H,7-11H2,1-3H3,(H,18,21). The van der Waals surface area contributed by atoms with Gasteiger partial charge in [-0.1, -0.05) is 19.9 Å². The second-order valence-electron chi connectivity index (χ2n) is 6.20. The second-order valence-corrected chi connectivity index (χ2v) is 6.20. The molecule has 0 unspecified atom stereocenters. The molecule has 5 nitrogen and oxygen atoms in total. The molecular formula is C17H25N3O2. The van der Waals surface area contributed by atoms with Gasteiger partial charge in [0.15, 0.2) is 0 Å². The molecule has 22 heavy (non-hydrogen) atoms. The van der Waals surface area contributed by atoms with E-state index in [0.717, 1.165) is 37.6 Å². The minimum atomic E-state index is -0.0683. The number of hydrogen-bond acceptors (Lipinski definition) is 3. The SMILES string of the molecule is CC(=O)Nc1cccc(N2CCN(C(=O)CC(C)C)CC2)c1. The van der Waals surface area contributed by atoms with E-state index in [2.05, 4.69) is 24.1 Å². The minimum absolute atomic E-state index is 0.0683. The van der Waals surface area contributed by atoms with Gasteiger partial charge < -0.3 is 15.1 Å². The van der Waals surface area contributed by atoms with E-state index in [1.165, 1.54) is 6.92 Å². The summed E-state index contributed by atoms with van der Waals surface area (Å²) >= 11 is 0. The largest absolute Gasteiger partial charge is 0.368 e. The van der Waals surface area contributed by atoms with E-state index in [0.29, 0.717) is 12.3 Å². The first-order chi connectivity index (χ1) is 10.5. The highest BCUT2D eigenvalue weighted by Gasteiger charge is 2.21. The molecule has 2 rings (SSSR count). The molecule has 1 heterocycles. The lowest BCUT2D eigenvalue weighted by Gasteiger charge is -2.36. The molecule has 0 spiro atoms. The number of nitrogens with zero attached hydrogens (tertiary/aromatic N) is 2. The molecule has 1 aliphatic rings. The van der Waals surface area contributed by atoms with Crippen LogP contribution in [0.1, 0.15) is 27.2 Å². The summed E-state index contributed by atoms with van der Waals surface area (Å²) in [7, 11) is 0. The van der Waals surface area contributed by atoms with Crippen LogP contribution in [0.15, 0.2) is 24.3 Å². The lowest BCUT2D eigenvalue weighted by molar-refractivity contribution is -0.132. The predicted molar refractivity (Wildman–Crippen MR) is 89.0 cm³/mol. The van der Waals surface area contributed by atoms with E-state index in [-0.39, 0.29) is 11.8 Å². The van der Waals surface area contributed by atoms with Crippen molar-refractivity contribution >= 4 is 23.2 Å². The smallest absolute Gasteiger partial charge is 0.222 e. The van der Waals surface area contributed by atoms with Gasteiger partial charge in [0.25, 0.3) is 0 Å². The Labute approximate surface area is 132 Å². The first kappa shape index (κ1) is 16.3. The maximum atomic E-state index is 12.1. The molecule has 2 amide bonds. The predicted octanol–water partition coefficient (Wildman–Crippen LogP) is 2.34. The summed E-state index contributed by atoms with van der Waals surface area (Å²) in [5.74, 6) is 0.586. The summed E-state index contributed by atoms with van der Waals surface area (Å²) in [6, 6.07) is 7.84. The fourth-order valence-corrected chi connectivity index (χ4v) is 2.68. The van der Waals surface area contributed by atoms with E-state index >= 15 is 0 Å². The van der Waals surface area contributed by atoms with Crippen molar-refractivity contribution in [1.29, 1.82) is 0 Å². The van der Waals surface area contributed by atoms with Gasteiger partial charge in [0.2, 0.25) is 11.8 Å². The van der Waals surface area contributed by atoms with Crippen LogP contribution in [0.5, 0.6) is 0 Å². The van der Waals surface area contributed by atoms with Crippen LogP contribution in [-0.4, -0.2) is 42.9 Å². The lowest BCUT2D eigenvalue weighted by Crippen LogP contribution is -2.49. The van der Waals surface area contributed by atoms with Crippen molar-refractivity contribution in [2.24, 2.45) is 5.92 Å². The number of benzene rings is 1. The van der Waals surface area contributed by atoms with Gasteiger partial charge in [-0.2, -0.15) is 0 Å². The van der Waals surface area contributed by atoms with Gasteiger partial charge in [-0.25, -0.2) is 0 Å². The monoisotopic (exact) mass is 303 g/mol. The molecule has 0 atom stereocenters. The van der Waals surface area contributed by atoms with Crippen molar-refractivity contribution in [3.05, 3.63) is 24.3 Å². The van der Waals surface area contributed by atoms with Crippen LogP contribution in [0.4, 0.5) is 11.4 Å². The fourth-order valence-electron chi connectivity index (χ4n) is 2.68. The topological polar surface area (TPSA) is 52.7 Å². The first-order valence-corrected chi connectivity index (χ1v) is 7.86. The average Bonchev–Trinajstić information content (AvgIpc) is 2.46. The number of rotatable bonds is 4. The quantitative estimate of drug-likeness (QED) is 0.929. The Hall–Kier alpha value is -2.04. The molecule has 1 saturated heterocycles. The Kier molecular flexibility index (Phi) is 5.41. The highest BCUT2D eigenvalue weighted by molar-refractivity contribution is 5.89. The fraction of sp³-hybridized carbons (Fsp3) is 0.529. The number of anilines is 2. The van der Waals surface area contributed by atoms with Crippen molar-refractivity contribution in [3.8, 4) is 0 Å². The molecule has 0 radical (unpaired) electrons. The molecule has 1 aromatic rings. The van der Waals surface area contributed by atoms with Crippen LogP contribution in [0.25, 0.3) is 0 Å². The Balaban J connectivity index is 1.94. The van der Waals surface area contributed by atoms with Gasteiger partial charge in [0, 0.05) is 50.9 Å². The molecule has 0 bridgehead atoms. The number of carbonyl (C=O) groups is 2. The molecule has 1 fully saturated rings. The van der Waals surface area contributed by atoms with E-state index in [1.54, 1.807) is 0 Å². The summed E-state index contributed by atoms with van der Waals surface area (Å²) in [6.45, 7) is 8.82. The molecule has 0 saturated carbocycles. The summed E-state index contributed by atoms with van der Waals surface area (Å²) in [6.07, 6.45) is 0.623. The molecule has 5 heteroatoms. The van der Waals surface area contributed by atoms with Crippen LogP contribution in [-0.2, 0) is 9.59 Å². The summed E-state index contributed by atoms with van der Waals surface area (Å²) in [5.41, 5.74) is 1.89. The zero-order chi connectivity index (χ0) is 16.1. The van der Waals surface area contributed by atoms with Crippen LogP contribution < -0.4 is 10.2 Å². The molecule has 120 valence electrons. The number of hydrogen-bond donors (Lipinski definition) is 1. The van der Waals surface area contributed by atoms with Gasteiger partial charge in [0.05, 0.1) is 0 Å². The van der Waals surface area contributed by atoms with Gasteiger partial charge in [-0.3, -0.25) is 9.59 Å². The minimum Gasteiger partial charge on any atom is -0.368 e. The normalized spacial score (nSPS) is 15.1. The van der Waals surface area contributed by atoms with Gasteiger partial charge in [0.1, 0.15) is 0 Å². The third-order valence-corrected chi connectivity index (χ3v) is 3.75. The van der Waals surface area contributed by atoms with Crippen molar-refractivity contribution in [1.82, 2.24) is 4.90 Å². The van der Waals surface area contributed by atoms with Gasteiger partial charge >= 0.3 is 0 Å². The summed E-state index contributed by atoms with van der Waals surface area (Å²) in [5, 5.41) is 2.80. The molecule has 1 N–H and O–H groups in total. The third-order valence-electron chi connectivity index (χ3n) is 3.75. The maximum absolute atomic E-state index is 12.1. The molecule has 0 aliphatic carbocycles. The Bertz CT molecular complexity index is 534. The van der Waals surface area contributed by atoms with Crippen molar-refractivity contribution in [2.75, 3.05) is 36.4 Å². The zero-order valence-corrected chi connectivity index (χ0v) is 13.6. The number of amides is 2. The highest BCUT2D eigenvalue weighted by atomic mass is 16.2. The van der Waals surface area contributed by atoms with Crippen LogP contribution in [0.3, 0.4) is 0 Å². The number of piperazine rings is 1. The second kappa shape index (κ2) is 7.29. The summed E-state index contributed by atoms with van der Waals surface area (Å²) in [4.78, 5) is 27.4. The van der Waals surface area contributed by atoms with E-state index < -0.39 is 0 Å².